The monoisotopic (exact) mass is 246 g/mol. The maximum atomic E-state index is 13.6. The quantitative estimate of drug-likeness (QED) is 0.856. The molecule has 1 aromatic heterocycles. The molecule has 0 aliphatic rings. The highest BCUT2D eigenvalue weighted by atomic mass is 19.1. The van der Waals surface area contributed by atoms with Crippen LogP contribution in [0.3, 0.4) is 0 Å². The third-order valence-corrected chi connectivity index (χ3v) is 2.34. The molecule has 0 atom stereocenters. The van der Waals surface area contributed by atoms with Gasteiger partial charge in [0.25, 0.3) is 5.91 Å². The third-order valence-electron chi connectivity index (χ3n) is 2.34. The second-order valence-electron chi connectivity index (χ2n) is 3.60. The Hall–Kier alpha value is -2.34. The summed E-state index contributed by atoms with van der Waals surface area (Å²) in [5.74, 6) is -0.988. The maximum Gasteiger partial charge on any atom is 0.258 e. The van der Waals surface area contributed by atoms with Crippen molar-refractivity contribution in [2.75, 3.05) is 5.32 Å². The highest BCUT2D eigenvalue weighted by Gasteiger charge is 2.09. The van der Waals surface area contributed by atoms with E-state index in [0.29, 0.717) is 5.56 Å². The SMILES string of the molecule is NCc1ccc(NC(=O)c2cncnc2)c(F)c1. The van der Waals surface area contributed by atoms with E-state index in [-0.39, 0.29) is 17.8 Å². The Morgan fingerprint density at radius 2 is 2.06 bits per heavy atom. The van der Waals surface area contributed by atoms with Gasteiger partial charge in [0.2, 0.25) is 0 Å². The molecule has 0 aliphatic heterocycles. The van der Waals surface area contributed by atoms with Gasteiger partial charge in [-0.05, 0) is 17.7 Å². The van der Waals surface area contributed by atoms with Gasteiger partial charge in [0, 0.05) is 18.9 Å². The van der Waals surface area contributed by atoms with Gasteiger partial charge in [-0.15, -0.1) is 0 Å². The number of carbonyl (C=O) groups excluding carboxylic acids is 1. The van der Waals surface area contributed by atoms with E-state index >= 15 is 0 Å². The van der Waals surface area contributed by atoms with E-state index in [1.54, 1.807) is 6.07 Å². The van der Waals surface area contributed by atoms with Gasteiger partial charge in [0.15, 0.2) is 0 Å². The van der Waals surface area contributed by atoms with Gasteiger partial charge < -0.3 is 11.1 Å². The number of hydrogen-bond acceptors (Lipinski definition) is 4. The van der Waals surface area contributed by atoms with E-state index in [1.165, 1.54) is 30.9 Å². The zero-order chi connectivity index (χ0) is 13.0. The van der Waals surface area contributed by atoms with E-state index < -0.39 is 11.7 Å². The number of rotatable bonds is 3. The summed E-state index contributed by atoms with van der Waals surface area (Å²) in [6.07, 6.45) is 4.02. The molecule has 0 radical (unpaired) electrons. The van der Waals surface area contributed by atoms with Crippen molar-refractivity contribution in [1.29, 1.82) is 0 Å². The first-order valence-corrected chi connectivity index (χ1v) is 5.25. The summed E-state index contributed by atoms with van der Waals surface area (Å²) in [5.41, 5.74) is 6.41. The van der Waals surface area contributed by atoms with Gasteiger partial charge >= 0.3 is 0 Å². The Kier molecular flexibility index (Phi) is 3.59. The molecule has 92 valence electrons. The average Bonchev–Trinajstić information content (AvgIpc) is 2.42. The predicted octanol–water partition coefficient (Wildman–Crippen LogP) is 1.33. The molecule has 1 aromatic carbocycles. The van der Waals surface area contributed by atoms with E-state index in [1.807, 2.05) is 0 Å². The van der Waals surface area contributed by atoms with Gasteiger partial charge in [0.05, 0.1) is 11.3 Å². The molecule has 0 unspecified atom stereocenters. The molecule has 0 bridgehead atoms. The Bertz CT molecular complexity index is 559. The van der Waals surface area contributed by atoms with Gasteiger partial charge in [0.1, 0.15) is 12.1 Å². The first-order valence-electron chi connectivity index (χ1n) is 5.25. The van der Waals surface area contributed by atoms with Crippen molar-refractivity contribution in [3.05, 3.63) is 53.9 Å². The standard InChI is InChI=1S/C12H11FN4O/c13-10-3-8(4-14)1-2-11(10)17-12(18)9-5-15-7-16-6-9/h1-3,5-7H,4,14H2,(H,17,18). The van der Waals surface area contributed by atoms with Gasteiger partial charge in [-0.1, -0.05) is 6.07 Å². The molecule has 2 aromatic rings. The fourth-order valence-electron chi connectivity index (χ4n) is 1.40. The van der Waals surface area contributed by atoms with Crippen LogP contribution in [0.4, 0.5) is 10.1 Å². The second-order valence-corrected chi connectivity index (χ2v) is 3.60. The van der Waals surface area contributed by atoms with Gasteiger partial charge in [-0.2, -0.15) is 0 Å². The van der Waals surface area contributed by atoms with Crippen LogP contribution in [-0.2, 0) is 6.54 Å². The molecule has 0 saturated carbocycles. The number of nitrogens with two attached hydrogens (primary N) is 1. The fourth-order valence-corrected chi connectivity index (χ4v) is 1.40. The molecule has 5 nitrogen and oxygen atoms in total. The number of nitrogens with one attached hydrogen (secondary N) is 1. The van der Waals surface area contributed by atoms with Crippen molar-refractivity contribution < 1.29 is 9.18 Å². The minimum atomic E-state index is -0.525. The van der Waals surface area contributed by atoms with Crippen LogP contribution >= 0.6 is 0 Å². The molecule has 1 heterocycles. The lowest BCUT2D eigenvalue weighted by atomic mass is 10.2. The van der Waals surface area contributed by atoms with E-state index in [9.17, 15) is 9.18 Å². The molecule has 1 amide bonds. The van der Waals surface area contributed by atoms with Crippen LogP contribution in [0.2, 0.25) is 0 Å². The van der Waals surface area contributed by atoms with Gasteiger partial charge in [-0.3, -0.25) is 4.79 Å². The smallest absolute Gasteiger partial charge is 0.258 e. The van der Waals surface area contributed by atoms with E-state index in [2.05, 4.69) is 15.3 Å². The Balaban J connectivity index is 2.17. The predicted molar refractivity (Wildman–Crippen MR) is 64.3 cm³/mol. The summed E-state index contributed by atoms with van der Waals surface area (Å²) in [5, 5.41) is 2.44. The molecule has 6 heteroatoms. The van der Waals surface area contributed by atoms with E-state index in [4.69, 9.17) is 5.73 Å². The van der Waals surface area contributed by atoms with Crippen LogP contribution in [-0.4, -0.2) is 15.9 Å². The van der Waals surface area contributed by atoms with Crippen molar-refractivity contribution in [3.63, 3.8) is 0 Å². The summed E-state index contributed by atoms with van der Waals surface area (Å²) >= 11 is 0. The number of anilines is 1. The minimum absolute atomic E-state index is 0.0982. The number of carbonyl (C=O) groups is 1. The molecule has 18 heavy (non-hydrogen) atoms. The summed E-state index contributed by atoms with van der Waals surface area (Å²) in [6, 6.07) is 4.41. The second kappa shape index (κ2) is 5.33. The van der Waals surface area contributed by atoms with Crippen LogP contribution < -0.4 is 11.1 Å². The molecular formula is C12H11FN4O. The maximum absolute atomic E-state index is 13.6. The highest BCUT2D eigenvalue weighted by Crippen LogP contribution is 2.16. The van der Waals surface area contributed by atoms with Crippen molar-refractivity contribution >= 4 is 11.6 Å². The number of aromatic nitrogens is 2. The van der Waals surface area contributed by atoms with Crippen LogP contribution in [0.25, 0.3) is 0 Å². The number of nitrogens with zero attached hydrogens (tertiary/aromatic N) is 2. The van der Waals surface area contributed by atoms with Crippen LogP contribution in [0.1, 0.15) is 15.9 Å². The third kappa shape index (κ3) is 2.67. The Morgan fingerprint density at radius 3 is 2.67 bits per heavy atom. The van der Waals surface area contributed by atoms with Crippen molar-refractivity contribution in [2.45, 2.75) is 6.54 Å². The number of benzene rings is 1. The molecule has 0 fully saturated rings. The van der Waals surface area contributed by atoms with Gasteiger partial charge in [-0.25, -0.2) is 14.4 Å². The lowest BCUT2D eigenvalue weighted by molar-refractivity contribution is 0.102. The first-order chi connectivity index (χ1) is 8.70. The van der Waals surface area contributed by atoms with Crippen molar-refractivity contribution in [1.82, 2.24) is 9.97 Å². The molecule has 3 N–H and O–H groups in total. The topological polar surface area (TPSA) is 80.9 Å². The summed E-state index contributed by atoms with van der Waals surface area (Å²) in [6.45, 7) is 0.248. The zero-order valence-electron chi connectivity index (χ0n) is 9.43. The van der Waals surface area contributed by atoms with Crippen LogP contribution in [0, 0.1) is 5.82 Å². The largest absolute Gasteiger partial charge is 0.326 e. The highest BCUT2D eigenvalue weighted by molar-refractivity contribution is 6.03. The van der Waals surface area contributed by atoms with Crippen LogP contribution in [0.15, 0.2) is 36.9 Å². The van der Waals surface area contributed by atoms with Crippen LogP contribution in [0.5, 0.6) is 0 Å². The number of hydrogen-bond donors (Lipinski definition) is 2. The lowest BCUT2D eigenvalue weighted by Crippen LogP contribution is -2.13. The lowest BCUT2D eigenvalue weighted by Gasteiger charge is -2.07. The van der Waals surface area contributed by atoms with E-state index in [0.717, 1.165) is 0 Å². The number of halogens is 1. The molecule has 0 saturated heterocycles. The minimum Gasteiger partial charge on any atom is -0.326 e. The normalized spacial score (nSPS) is 10.1. The Labute approximate surface area is 103 Å². The molecular weight excluding hydrogens is 235 g/mol. The molecule has 2 rings (SSSR count). The summed E-state index contributed by atoms with van der Waals surface area (Å²) in [4.78, 5) is 19.2. The summed E-state index contributed by atoms with van der Waals surface area (Å²) < 4.78 is 13.6. The Morgan fingerprint density at radius 1 is 1.33 bits per heavy atom. The summed E-state index contributed by atoms with van der Waals surface area (Å²) in [7, 11) is 0. The number of amides is 1. The zero-order valence-corrected chi connectivity index (χ0v) is 9.43. The first kappa shape index (κ1) is 12.1. The fraction of sp³-hybridized carbons (Fsp3) is 0.0833. The average molecular weight is 246 g/mol. The molecule has 0 aliphatic carbocycles. The van der Waals surface area contributed by atoms with Crippen molar-refractivity contribution in [2.24, 2.45) is 5.73 Å². The molecule has 0 spiro atoms. The van der Waals surface area contributed by atoms with Crippen molar-refractivity contribution in [3.8, 4) is 0 Å².